The Bertz CT molecular complexity index is 503. The van der Waals surface area contributed by atoms with Crippen molar-refractivity contribution >= 4 is 17.6 Å². The highest BCUT2D eigenvalue weighted by Crippen LogP contribution is 2.34. The highest BCUT2D eigenvalue weighted by molar-refractivity contribution is 5.82. The van der Waals surface area contributed by atoms with Crippen LogP contribution >= 0.6 is 0 Å². The van der Waals surface area contributed by atoms with Gasteiger partial charge in [-0.2, -0.15) is 0 Å². The molecule has 1 aliphatic rings. The lowest BCUT2D eigenvalue weighted by Gasteiger charge is -2.15. The van der Waals surface area contributed by atoms with Crippen molar-refractivity contribution in [3.8, 4) is 11.5 Å². The maximum atomic E-state index is 10.9. The lowest BCUT2D eigenvalue weighted by molar-refractivity contribution is -0.141. The van der Waals surface area contributed by atoms with E-state index in [1.54, 1.807) is 18.2 Å². The lowest BCUT2D eigenvalue weighted by Crippen LogP contribution is -2.44. The molecule has 0 saturated heterocycles. The van der Waals surface area contributed by atoms with E-state index in [9.17, 15) is 9.59 Å². The van der Waals surface area contributed by atoms with Crippen LogP contribution in [0.25, 0.3) is 0 Å². The second kappa shape index (κ2) is 5.47. The predicted octanol–water partition coefficient (Wildman–Crippen LogP) is 0.416. The quantitative estimate of drug-likeness (QED) is 0.714. The number of rotatable bonds is 5. The Morgan fingerprint density at radius 1 is 1.37 bits per heavy atom. The van der Waals surface area contributed by atoms with Crippen molar-refractivity contribution in [2.75, 3.05) is 18.7 Å². The van der Waals surface area contributed by atoms with Gasteiger partial charge in [-0.1, -0.05) is 0 Å². The number of carbonyl (C=O) groups excluding carboxylic acids is 1. The third-order valence-corrected chi connectivity index (χ3v) is 2.56. The third-order valence-electron chi connectivity index (χ3n) is 2.56. The van der Waals surface area contributed by atoms with Gasteiger partial charge in [0.15, 0.2) is 11.5 Å². The van der Waals surface area contributed by atoms with Crippen molar-refractivity contribution < 1.29 is 24.2 Å². The number of hydrogen-bond acceptors (Lipinski definition) is 5. The van der Waals surface area contributed by atoms with Crippen LogP contribution in [0.2, 0.25) is 0 Å². The van der Waals surface area contributed by atoms with E-state index in [1.165, 1.54) is 6.92 Å². The van der Waals surface area contributed by atoms with Gasteiger partial charge >= 0.3 is 5.97 Å². The molecular formula is C12H14N2O5. The molecular weight excluding hydrogens is 252 g/mol. The summed E-state index contributed by atoms with van der Waals surface area (Å²) in [6.07, 6.45) is 0. The van der Waals surface area contributed by atoms with Gasteiger partial charge in [0.1, 0.15) is 6.04 Å². The fourth-order valence-corrected chi connectivity index (χ4v) is 1.67. The van der Waals surface area contributed by atoms with Crippen LogP contribution in [0.15, 0.2) is 18.2 Å². The van der Waals surface area contributed by atoms with Crippen molar-refractivity contribution in [3.05, 3.63) is 18.2 Å². The summed E-state index contributed by atoms with van der Waals surface area (Å²) in [6.45, 7) is 1.54. The Balaban J connectivity index is 1.97. The summed E-state index contributed by atoms with van der Waals surface area (Å²) in [5, 5.41) is 14.2. The first kappa shape index (κ1) is 13.0. The van der Waals surface area contributed by atoms with Gasteiger partial charge in [-0.15, -0.1) is 0 Å². The van der Waals surface area contributed by atoms with Gasteiger partial charge in [0.2, 0.25) is 12.7 Å². The first-order chi connectivity index (χ1) is 9.06. The average Bonchev–Trinajstić information content (AvgIpc) is 2.80. The number of fused-ring (bicyclic) bond motifs is 1. The first-order valence-corrected chi connectivity index (χ1v) is 5.69. The zero-order valence-electron chi connectivity index (χ0n) is 10.3. The number of carbonyl (C=O) groups is 2. The van der Waals surface area contributed by atoms with Crippen molar-refractivity contribution in [1.29, 1.82) is 0 Å². The standard InChI is InChI=1S/C12H14N2O5/c1-7(15)14-9(12(16)17)5-13-8-2-3-10-11(4-8)19-6-18-10/h2-4,9,13H,5-6H2,1H3,(H,14,15)(H,16,17). The van der Waals surface area contributed by atoms with E-state index in [0.717, 1.165) is 0 Å². The van der Waals surface area contributed by atoms with Crippen LogP contribution in [0.5, 0.6) is 11.5 Å². The van der Waals surface area contributed by atoms with Crippen LogP contribution in [-0.4, -0.2) is 36.4 Å². The van der Waals surface area contributed by atoms with Crippen molar-refractivity contribution in [2.45, 2.75) is 13.0 Å². The van der Waals surface area contributed by atoms with E-state index in [4.69, 9.17) is 14.6 Å². The van der Waals surface area contributed by atoms with Crippen LogP contribution in [0.4, 0.5) is 5.69 Å². The van der Waals surface area contributed by atoms with E-state index in [2.05, 4.69) is 10.6 Å². The number of benzene rings is 1. The Kier molecular flexibility index (Phi) is 3.74. The van der Waals surface area contributed by atoms with Gasteiger partial charge in [0, 0.05) is 25.2 Å². The van der Waals surface area contributed by atoms with Crippen LogP contribution < -0.4 is 20.1 Å². The van der Waals surface area contributed by atoms with E-state index < -0.39 is 12.0 Å². The monoisotopic (exact) mass is 266 g/mol. The molecule has 0 saturated carbocycles. The molecule has 1 unspecified atom stereocenters. The minimum atomic E-state index is -1.09. The molecule has 0 aromatic heterocycles. The van der Waals surface area contributed by atoms with Crippen molar-refractivity contribution in [1.82, 2.24) is 5.32 Å². The summed E-state index contributed by atoms with van der Waals surface area (Å²) in [4.78, 5) is 21.8. The van der Waals surface area contributed by atoms with Crippen molar-refractivity contribution in [3.63, 3.8) is 0 Å². The van der Waals surface area contributed by atoms with Crippen molar-refractivity contribution in [2.24, 2.45) is 0 Å². The van der Waals surface area contributed by atoms with Crippen LogP contribution in [0.1, 0.15) is 6.92 Å². The highest BCUT2D eigenvalue weighted by Gasteiger charge is 2.18. The molecule has 0 bridgehead atoms. The smallest absolute Gasteiger partial charge is 0.328 e. The molecule has 2 rings (SSSR count). The molecule has 1 amide bonds. The van der Waals surface area contributed by atoms with Gasteiger partial charge in [-0.3, -0.25) is 4.79 Å². The molecule has 102 valence electrons. The van der Waals surface area contributed by atoms with E-state index in [1.807, 2.05) is 0 Å². The number of nitrogens with one attached hydrogen (secondary N) is 2. The molecule has 0 radical (unpaired) electrons. The van der Waals surface area contributed by atoms with E-state index in [-0.39, 0.29) is 19.2 Å². The maximum Gasteiger partial charge on any atom is 0.328 e. The summed E-state index contributed by atoms with van der Waals surface area (Å²) >= 11 is 0. The Morgan fingerprint density at radius 3 is 2.79 bits per heavy atom. The number of hydrogen-bond donors (Lipinski definition) is 3. The van der Waals surface area contributed by atoms with Gasteiger partial charge < -0.3 is 25.2 Å². The summed E-state index contributed by atoms with van der Waals surface area (Å²) in [5.41, 5.74) is 0.695. The third kappa shape index (κ3) is 3.27. The average molecular weight is 266 g/mol. The van der Waals surface area contributed by atoms with Crippen LogP contribution in [-0.2, 0) is 9.59 Å². The number of amides is 1. The van der Waals surface area contributed by atoms with Gasteiger partial charge in [0.25, 0.3) is 0 Å². The predicted molar refractivity (Wildman–Crippen MR) is 66.3 cm³/mol. The molecule has 1 atom stereocenters. The van der Waals surface area contributed by atoms with Crippen LogP contribution in [0.3, 0.4) is 0 Å². The lowest BCUT2D eigenvalue weighted by atomic mass is 10.2. The normalized spacial score (nSPS) is 13.7. The minimum absolute atomic E-state index is 0.0779. The molecule has 3 N–H and O–H groups in total. The van der Waals surface area contributed by atoms with Gasteiger partial charge in [0.05, 0.1) is 0 Å². The van der Waals surface area contributed by atoms with E-state index >= 15 is 0 Å². The number of ether oxygens (including phenoxy) is 2. The summed E-state index contributed by atoms with van der Waals surface area (Å²) in [7, 11) is 0. The molecule has 1 heterocycles. The molecule has 0 fully saturated rings. The molecule has 0 spiro atoms. The Morgan fingerprint density at radius 2 is 2.11 bits per heavy atom. The summed E-state index contributed by atoms with van der Waals surface area (Å²) in [5.74, 6) is -0.220. The molecule has 7 heteroatoms. The van der Waals surface area contributed by atoms with Gasteiger partial charge in [-0.25, -0.2) is 4.79 Å². The van der Waals surface area contributed by atoms with Crippen LogP contribution in [0, 0.1) is 0 Å². The SMILES string of the molecule is CC(=O)NC(CNc1ccc2c(c1)OCO2)C(=O)O. The Hall–Kier alpha value is -2.44. The molecule has 1 aromatic carbocycles. The number of aliphatic carboxylic acids is 1. The maximum absolute atomic E-state index is 10.9. The van der Waals surface area contributed by atoms with E-state index in [0.29, 0.717) is 17.2 Å². The summed E-state index contributed by atoms with van der Waals surface area (Å²) < 4.78 is 10.4. The van der Waals surface area contributed by atoms with Gasteiger partial charge in [-0.05, 0) is 12.1 Å². The number of carboxylic acid groups (broad SMARTS) is 1. The second-order valence-corrected chi connectivity index (χ2v) is 4.04. The molecule has 7 nitrogen and oxygen atoms in total. The fourth-order valence-electron chi connectivity index (χ4n) is 1.67. The molecule has 1 aromatic rings. The fraction of sp³-hybridized carbons (Fsp3) is 0.333. The highest BCUT2D eigenvalue weighted by atomic mass is 16.7. The largest absolute Gasteiger partial charge is 0.480 e. The summed E-state index contributed by atoms with van der Waals surface area (Å²) in [6, 6.07) is 4.22. The first-order valence-electron chi connectivity index (χ1n) is 5.69. The molecule has 1 aliphatic heterocycles. The second-order valence-electron chi connectivity index (χ2n) is 4.04. The number of anilines is 1. The molecule has 19 heavy (non-hydrogen) atoms. The topological polar surface area (TPSA) is 96.9 Å². The Labute approximate surface area is 109 Å². The minimum Gasteiger partial charge on any atom is -0.480 e. The number of carboxylic acids is 1. The zero-order valence-corrected chi connectivity index (χ0v) is 10.3. The molecule has 0 aliphatic carbocycles. The zero-order chi connectivity index (χ0) is 13.8.